The summed E-state index contributed by atoms with van der Waals surface area (Å²) in [6, 6.07) is 4.17. The molecule has 3 nitrogen and oxygen atoms in total. The monoisotopic (exact) mass is 261 g/mol. The molecule has 0 spiro atoms. The molecule has 96 valence electrons. The molecule has 0 unspecified atom stereocenters. The zero-order chi connectivity index (χ0) is 12.8. The van der Waals surface area contributed by atoms with Crippen molar-refractivity contribution in [3.05, 3.63) is 17.6 Å². The van der Waals surface area contributed by atoms with Gasteiger partial charge in [-0.1, -0.05) is 13.8 Å². The molecule has 3 N–H and O–H groups in total. The highest BCUT2D eigenvalue weighted by atomic mass is 32.1. The number of rotatable bonds is 4. The van der Waals surface area contributed by atoms with Gasteiger partial charge in [-0.3, -0.25) is 0 Å². The van der Waals surface area contributed by atoms with Gasteiger partial charge in [0.05, 0.1) is 21.6 Å². The Labute approximate surface area is 111 Å². The minimum atomic E-state index is 0.490. The third kappa shape index (κ3) is 1.85. The predicted octanol–water partition coefficient (Wildman–Crippen LogP) is 3.73. The van der Waals surface area contributed by atoms with E-state index < -0.39 is 0 Å². The summed E-state index contributed by atoms with van der Waals surface area (Å²) in [5, 5.41) is 3.52. The fraction of sp³-hybridized carbons (Fsp3) is 0.500. The smallest absolute Gasteiger partial charge is 0.106 e. The number of nitrogens with one attached hydrogen (secondary N) is 1. The molecule has 0 atom stereocenters. The number of nitrogens with two attached hydrogens (primary N) is 1. The average Bonchev–Trinajstić information content (AvgIpc) is 2.99. The van der Waals surface area contributed by atoms with Crippen LogP contribution in [0.3, 0.4) is 0 Å². The second-order valence-electron chi connectivity index (χ2n) is 5.60. The lowest BCUT2D eigenvalue weighted by Crippen LogP contribution is -2.21. The van der Waals surface area contributed by atoms with Gasteiger partial charge in [0.25, 0.3) is 0 Å². The quantitative estimate of drug-likeness (QED) is 0.825. The van der Waals surface area contributed by atoms with Crippen LogP contribution in [0.25, 0.3) is 10.2 Å². The Balaban J connectivity index is 1.81. The largest absolute Gasteiger partial charge is 0.395 e. The van der Waals surface area contributed by atoms with Gasteiger partial charge in [-0.05, 0) is 36.3 Å². The van der Waals surface area contributed by atoms with Crippen molar-refractivity contribution in [1.29, 1.82) is 0 Å². The number of aromatic nitrogens is 1. The van der Waals surface area contributed by atoms with Crippen LogP contribution in [-0.4, -0.2) is 11.5 Å². The van der Waals surface area contributed by atoms with E-state index in [2.05, 4.69) is 36.3 Å². The molecule has 1 aliphatic carbocycles. The van der Waals surface area contributed by atoms with Crippen molar-refractivity contribution in [2.24, 2.45) is 11.3 Å². The van der Waals surface area contributed by atoms with Gasteiger partial charge >= 0.3 is 0 Å². The van der Waals surface area contributed by atoms with E-state index in [1.807, 2.05) is 5.51 Å². The van der Waals surface area contributed by atoms with Gasteiger partial charge in [-0.2, -0.15) is 0 Å². The molecule has 1 aliphatic rings. The van der Waals surface area contributed by atoms with Crippen molar-refractivity contribution in [3.63, 3.8) is 0 Å². The Kier molecular flexibility index (Phi) is 2.70. The van der Waals surface area contributed by atoms with Crippen LogP contribution in [0.15, 0.2) is 17.6 Å². The number of hydrogen-bond acceptors (Lipinski definition) is 4. The Morgan fingerprint density at radius 3 is 2.89 bits per heavy atom. The number of anilines is 2. The van der Waals surface area contributed by atoms with Gasteiger partial charge in [-0.25, -0.2) is 4.98 Å². The van der Waals surface area contributed by atoms with Crippen molar-refractivity contribution in [3.8, 4) is 0 Å². The molecule has 0 amide bonds. The number of fused-ring (bicyclic) bond motifs is 1. The van der Waals surface area contributed by atoms with Crippen LogP contribution in [0.2, 0.25) is 0 Å². The second kappa shape index (κ2) is 4.12. The van der Waals surface area contributed by atoms with Gasteiger partial charge in [0.2, 0.25) is 0 Å². The first kappa shape index (κ1) is 11.8. The zero-order valence-electron chi connectivity index (χ0n) is 10.9. The maximum absolute atomic E-state index is 6.17. The number of hydrogen-bond donors (Lipinski definition) is 2. The molecule has 1 saturated carbocycles. The molecular weight excluding hydrogens is 242 g/mol. The lowest BCUT2D eigenvalue weighted by molar-refractivity contribution is 0.380. The first-order valence-electron chi connectivity index (χ1n) is 6.48. The molecule has 1 aromatic carbocycles. The molecule has 0 radical (unpaired) electrons. The number of benzene rings is 1. The normalized spacial score (nSPS) is 17.3. The number of thiazole rings is 1. The maximum atomic E-state index is 6.17. The molecule has 1 fully saturated rings. The van der Waals surface area contributed by atoms with Crippen LogP contribution < -0.4 is 11.1 Å². The highest BCUT2D eigenvalue weighted by Gasteiger charge is 2.44. The van der Waals surface area contributed by atoms with Crippen LogP contribution in [-0.2, 0) is 0 Å². The van der Waals surface area contributed by atoms with E-state index in [0.29, 0.717) is 5.41 Å². The van der Waals surface area contributed by atoms with Crippen LogP contribution in [0.5, 0.6) is 0 Å². The molecule has 4 heteroatoms. The molecule has 1 aromatic heterocycles. The van der Waals surface area contributed by atoms with E-state index in [-0.39, 0.29) is 0 Å². The van der Waals surface area contributed by atoms with E-state index in [9.17, 15) is 0 Å². The van der Waals surface area contributed by atoms with Crippen LogP contribution in [0.4, 0.5) is 11.4 Å². The fourth-order valence-electron chi connectivity index (χ4n) is 2.50. The average molecular weight is 261 g/mol. The van der Waals surface area contributed by atoms with Crippen molar-refractivity contribution >= 4 is 32.9 Å². The number of nitrogen functional groups attached to an aromatic ring is 1. The highest BCUT2D eigenvalue weighted by molar-refractivity contribution is 7.16. The minimum Gasteiger partial charge on any atom is -0.395 e. The van der Waals surface area contributed by atoms with Gasteiger partial charge in [0.1, 0.15) is 5.52 Å². The van der Waals surface area contributed by atoms with Crippen LogP contribution in [0, 0.1) is 11.3 Å². The summed E-state index contributed by atoms with van der Waals surface area (Å²) in [6.07, 6.45) is 2.66. The van der Waals surface area contributed by atoms with Crippen LogP contribution in [0.1, 0.15) is 26.7 Å². The van der Waals surface area contributed by atoms with Crippen molar-refractivity contribution in [1.82, 2.24) is 4.98 Å². The molecule has 18 heavy (non-hydrogen) atoms. The Morgan fingerprint density at radius 2 is 2.22 bits per heavy atom. The molecule has 3 rings (SSSR count). The standard InChI is InChI=1S/C14H19N3S/c1-9(2)14(5-6-14)7-16-10-3-4-11-13(12(10)15)17-8-18-11/h3-4,8-9,16H,5-7,15H2,1-2H3. The summed E-state index contributed by atoms with van der Waals surface area (Å²) in [7, 11) is 0. The zero-order valence-corrected chi connectivity index (χ0v) is 11.7. The summed E-state index contributed by atoms with van der Waals surface area (Å²) >= 11 is 1.63. The summed E-state index contributed by atoms with van der Waals surface area (Å²) < 4.78 is 1.16. The van der Waals surface area contributed by atoms with Crippen LogP contribution >= 0.6 is 11.3 Å². The molecule has 0 aliphatic heterocycles. The predicted molar refractivity (Wildman–Crippen MR) is 79.0 cm³/mol. The first-order valence-corrected chi connectivity index (χ1v) is 7.36. The van der Waals surface area contributed by atoms with Crippen molar-refractivity contribution in [2.45, 2.75) is 26.7 Å². The lowest BCUT2D eigenvalue weighted by atomic mass is 9.92. The molecule has 0 bridgehead atoms. The van der Waals surface area contributed by atoms with E-state index in [4.69, 9.17) is 5.73 Å². The molecular formula is C14H19N3S. The van der Waals surface area contributed by atoms with Gasteiger partial charge < -0.3 is 11.1 Å². The fourth-order valence-corrected chi connectivity index (χ4v) is 3.19. The Hall–Kier alpha value is -1.29. The summed E-state index contributed by atoms with van der Waals surface area (Å²) in [5.41, 5.74) is 11.3. The van der Waals surface area contributed by atoms with E-state index in [0.717, 1.165) is 34.1 Å². The van der Waals surface area contributed by atoms with Crippen molar-refractivity contribution < 1.29 is 0 Å². The topological polar surface area (TPSA) is 50.9 Å². The first-order chi connectivity index (χ1) is 8.62. The summed E-state index contributed by atoms with van der Waals surface area (Å²) in [5.74, 6) is 0.731. The maximum Gasteiger partial charge on any atom is 0.106 e. The third-order valence-electron chi connectivity index (χ3n) is 4.29. The SMILES string of the molecule is CC(C)C1(CNc2ccc3scnc3c2N)CC1. The van der Waals surface area contributed by atoms with E-state index in [1.165, 1.54) is 12.8 Å². The van der Waals surface area contributed by atoms with Crippen molar-refractivity contribution in [2.75, 3.05) is 17.6 Å². The Bertz CT molecular complexity index is 569. The number of nitrogens with zero attached hydrogens (tertiary/aromatic N) is 1. The van der Waals surface area contributed by atoms with E-state index >= 15 is 0 Å². The lowest BCUT2D eigenvalue weighted by Gasteiger charge is -2.21. The van der Waals surface area contributed by atoms with Gasteiger partial charge in [-0.15, -0.1) is 11.3 Å². The van der Waals surface area contributed by atoms with E-state index in [1.54, 1.807) is 11.3 Å². The second-order valence-corrected chi connectivity index (χ2v) is 6.48. The third-order valence-corrected chi connectivity index (χ3v) is 5.08. The molecule has 2 aromatic rings. The molecule has 0 saturated heterocycles. The van der Waals surface area contributed by atoms with Gasteiger partial charge in [0.15, 0.2) is 0 Å². The molecule has 1 heterocycles. The highest BCUT2D eigenvalue weighted by Crippen LogP contribution is 2.51. The van der Waals surface area contributed by atoms with Gasteiger partial charge in [0, 0.05) is 6.54 Å². The minimum absolute atomic E-state index is 0.490. The summed E-state index contributed by atoms with van der Waals surface area (Å²) in [6.45, 7) is 5.63. The Morgan fingerprint density at radius 1 is 1.44 bits per heavy atom. The summed E-state index contributed by atoms with van der Waals surface area (Å²) in [4.78, 5) is 4.33.